The zero-order valence-electron chi connectivity index (χ0n) is 1.65. The first-order chi connectivity index (χ1) is 1.73. The molecule has 0 unspecified atom stereocenters. The average Bonchev–Trinajstić information content (AvgIpc) is 0.811. The fraction of sp³-hybridized carbons (Fsp3) is 0. The van der Waals surface area contributed by atoms with Crippen molar-refractivity contribution in [3.05, 3.63) is 0 Å². The molecule has 0 aromatic heterocycles. The second kappa shape index (κ2) is 2.44. The predicted octanol–water partition coefficient (Wildman–Crippen LogP) is 0.786. The number of nitrogens with two attached hydrogens (primary N) is 1. The van der Waals surface area contributed by atoms with E-state index in [0.717, 1.165) is 0 Å². The van der Waals surface area contributed by atoms with E-state index in [1.54, 1.807) is 0 Å². The van der Waals surface area contributed by atoms with Crippen molar-refractivity contribution in [2.45, 2.75) is 0 Å². The zero-order chi connectivity index (χ0) is 3.58. The van der Waals surface area contributed by atoms with Gasteiger partial charge >= 0.3 is 38.4 Å². The molecule has 0 atom stereocenters. The normalized spacial score (nSPS) is 11.2. The Labute approximate surface area is 38.6 Å². The van der Waals surface area contributed by atoms with E-state index >= 15 is 0 Å². The first-order valence-electron chi connectivity index (χ1n) is 0.422. The molecule has 0 aliphatic heterocycles. The summed E-state index contributed by atoms with van der Waals surface area (Å²) >= 11 is -1.54. The average molecular weight is 193 g/mol. The van der Waals surface area contributed by atoms with Gasteiger partial charge in [0.15, 0.2) is 0 Å². The van der Waals surface area contributed by atoms with E-state index < -0.39 is 15.0 Å². The molecule has 31 valence electrons. The van der Waals surface area contributed by atoms with Crippen molar-refractivity contribution < 1.29 is 15.0 Å². The second-order valence-corrected chi connectivity index (χ2v) is 4.85. The van der Waals surface area contributed by atoms with Crippen LogP contribution in [0.25, 0.3) is 0 Å². The van der Waals surface area contributed by atoms with E-state index in [2.05, 4.69) is 0 Å². The van der Waals surface area contributed by atoms with Gasteiger partial charge in [-0.15, -0.1) is 0 Å². The summed E-state index contributed by atoms with van der Waals surface area (Å²) in [6, 6.07) is 0. The first kappa shape index (κ1) is 5.20. The Balaban J connectivity index is 2.32. The van der Waals surface area contributed by atoms with Gasteiger partial charge < -0.3 is 0 Å². The molecule has 0 saturated carbocycles. The van der Waals surface area contributed by atoms with Gasteiger partial charge in [0.1, 0.15) is 0 Å². The summed E-state index contributed by atoms with van der Waals surface area (Å²) in [5.41, 5.74) is 0. The van der Waals surface area contributed by atoms with Crippen molar-refractivity contribution in [3.8, 4) is 0 Å². The molecule has 0 spiro atoms. The summed E-state index contributed by atoms with van der Waals surface area (Å²) in [6.07, 6.45) is 0. The van der Waals surface area contributed by atoms with E-state index in [9.17, 15) is 0 Å². The molecule has 2 N–H and O–H groups in total. The summed E-state index contributed by atoms with van der Waals surface area (Å²) in [4.78, 5) is 0. The van der Waals surface area contributed by atoms with Gasteiger partial charge in [0.05, 0.1) is 0 Å². The molecule has 0 rings (SSSR count). The Kier molecular flexibility index (Phi) is 3.17. The molecular formula is H2Cl2NPd. The van der Waals surface area contributed by atoms with E-state index in [4.69, 9.17) is 23.4 Å². The molecule has 1 nitrogen and oxygen atoms in total. The fourth-order valence-electron chi connectivity index (χ4n) is 0. The Morgan fingerprint density at radius 2 is 1.50 bits per heavy atom. The Morgan fingerprint density at radius 1 is 1.50 bits per heavy atom. The summed E-state index contributed by atoms with van der Waals surface area (Å²) in [5.74, 6) is 0. The van der Waals surface area contributed by atoms with Gasteiger partial charge in [-0.05, 0) is 0 Å². The molecule has 4 heteroatoms. The Hall–Kier alpha value is 1.20. The fourth-order valence-corrected chi connectivity index (χ4v) is 0. The van der Waals surface area contributed by atoms with Crippen molar-refractivity contribution in [1.29, 1.82) is 0 Å². The zero-order valence-corrected chi connectivity index (χ0v) is 4.72. The van der Waals surface area contributed by atoms with E-state index in [-0.39, 0.29) is 0 Å². The minimum atomic E-state index is -1.54. The maximum atomic E-state index is 4.93. The van der Waals surface area contributed by atoms with Crippen molar-refractivity contribution in [2.75, 3.05) is 0 Å². The van der Waals surface area contributed by atoms with Gasteiger partial charge in [0.25, 0.3) is 0 Å². The molecule has 0 heterocycles. The molecule has 0 saturated heterocycles. The number of hydrogen-bond acceptors (Lipinski definition) is 1. The van der Waals surface area contributed by atoms with Crippen LogP contribution in [0, 0.1) is 0 Å². The van der Waals surface area contributed by atoms with Gasteiger partial charge in [0, 0.05) is 0 Å². The van der Waals surface area contributed by atoms with Gasteiger partial charge in [-0.2, -0.15) is 0 Å². The molecule has 0 aliphatic rings. The molecule has 0 bridgehead atoms. The SMILES string of the molecule is [NH2][Pd]([Cl])[Cl]. The molecule has 0 aromatic carbocycles. The second-order valence-electron chi connectivity index (χ2n) is 0.183. The van der Waals surface area contributed by atoms with Crippen LogP contribution < -0.4 is 4.37 Å². The topological polar surface area (TPSA) is 26.0 Å². The van der Waals surface area contributed by atoms with E-state index in [0.29, 0.717) is 0 Å². The third kappa shape index (κ3) is 10.7. The van der Waals surface area contributed by atoms with Gasteiger partial charge in [-0.1, -0.05) is 0 Å². The molecule has 4 heavy (non-hydrogen) atoms. The van der Waals surface area contributed by atoms with Crippen LogP contribution in [0.2, 0.25) is 0 Å². The van der Waals surface area contributed by atoms with Crippen LogP contribution in [0.5, 0.6) is 0 Å². The first-order valence-corrected chi connectivity index (χ1v) is 5.32. The molecule has 0 aromatic rings. The summed E-state index contributed by atoms with van der Waals surface area (Å²) in [6.45, 7) is 0. The summed E-state index contributed by atoms with van der Waals surface area (Å²) in [7, 11) is 9.87. The third-order valence-corrected chi connectivity index (χ3v) is 0. The van der Waals surface area contributed by atoms with Gasteiger partial charge in [-0.3, -0.25) is 0 Å². The minimum absolute atomic E-state index is 1.54. The predicted molar refractivity (Wildman–Crippen MR) is 15.9 cm³/mol. The van der Waals surface area contributed by atoms with Crippen LogP contribution in [0.15, 0.2) is 0 Å². The number of halogens is 2. The van der Waals surface area contributed by atoms with E-state index in [1.165, 1.54) is 0 Å². The number of hydrogen-bond donors (Lipinski definition) is 1. The van der Waals surface area contributed by atoms with Crippen LogP contribution in [0.1, 0.15) is 0 Å². The Bertz CT molecular complexity index is 10.8. The van der Waals surface area contributed by atoms with Crippen molar-refractivity contribution >= 4 is 19.1 Å². The molecule has 0 aliphatic carbocycles. The molecular weight excluding hydrogens is 191 g/mol. The monoisotopic (exact) mass is 192 g/mol. The van der Waals surface area contributed by atoms with Crippen LogP contribution in [0.3, 0.4) is 0 Å². The Morgan fingerprint density at radius 3 is 1.50 bits per heavy atom. The molecule has 0 radical (unpaired) electrons. The standard InChI is InChI=1S/2ClH.H2N.Pd/h2*1H;1H2;/q;;-1;+3/p-2. The quantitative estimate of drug-likeness (QED) is 0.566. The van der Waals surface area contributed by atoms with Crippen molar-refractivity contribution in [3.63, 3.8) is 0 Å². The van der Waals surface area contributed by atoms with Crippen LogP contribution in [-0.2, 0) is 15.0 Å². The summed E-state index contributed by atoms with van der Waals surface area (Å²) < 4.78 is 4.76. The maximum absolute atomic E-state index is 4.93. The molecule has 0 amide bonds. The van der Waals surface area contributed by atoms with Crippen LogP contribution in [-0.4, -0.2) is 0 Å². The van der Waals surface area contributed by atoms with Gasteiger partial charge in [0.2, 0.25) is 0 Å². The van der Waals surface area contributed by atoms with Crippen molar-refractivity contribution in [2.24, 2.45) is 4.37 Å². The molecule has 0 fully saturated rings. The van der Waals surface area contributed by atoms with E-state index in [1.807, 2.05) is 0 Å². The number of rotatable bonds is 0. The van der Waals surface area contributed by atoms with Crippen molar-refractivity contribution in [1.82, 2.24) is 0 Å². The van der Waals surface area contributed by atoms with Gasteiger partial charge in [-0.25, -0.2) is 0 Å². The third-order valence-electron chi connectivity index (χ3n) is 0. The van der Waals surface area contributed by atoms with Crippen LogP contribution in [0.4, 0.5) is 0 Å². The van der Waals surface area contributed by atoms with Crippen LogP contribution >= 0.6 is 19.1 Å². The summed E-state index contributed by atoms with van der Waals surface area (Å²) in [5, 5.41) is 0.